The van der Waals surface area contributed by atoms with Crippen LogP contribution in [0.15, 0.2) is 35.3 Å². The van der Waals surface area contributed by atoms with Gasteiger partial charge in [0.2, 0.25) is 5.56 Å². The summed E-state index contributed by atoms with van der Waals surface area (Å²) >= 11 is 0. The van der Waals surface area contributed by atoms with Gasteiger partial charge in [0.25, 0.3) is 5.91 Å². The molecular weight excluding hydrogens is 500 g/mol. The molecule has 1 aromatic carbocycles. The average molecular weight is 533 g/mol. The number of benzene rings is 1. The molecule has 2 bridgehead atoms. The molecule has 10 heteroatoms. The molecule has 1 saturated heterocycles. The third-order valence-corrected chi connectivity index (χ3v) is 8.38. The van der Waals surface area contributed by atoms with E-state index in [1.54, 1.807) is 6.07 Å². The highest BCUT2D eigenvalue weighted by atomic mass is 19.4. The summed E-state index contributed by atoms with van der Waals surface area (Å²) in [4.78, 5) is 31.1. The van der Waals surface area contributed by atoms with Gasteiger partial charge in [-0.1, -0.05) is 6.08 Å². The van der Waals surface area contributed by atoms with Crippen molar-refractivity contribution in [3.8, 4) is 0 Å². The van der Waals surface area contributed by atoms with Crippen molar-refractivity contribution in [2.75, 3.05) is 30.4 Å². The van der Waals surface area contributed by atoms with Crippen molar-refractivity contribution in [2.45, 2.75) is 57.8 Å². The highest BCUT2D eigenvalue weighted by Gasteiger charge is 2.37. The molecule has 6 nitrogen and oxygen atoms in total. The SMILES string of the molecule is C[C@@H]1CN(c2cc(F)c(C3=CC4CCC(C3)C4)cc2NC(=O)c2c[nH]c(=O)cc2C(F)(F)F)C[C@H](C)N1C. The third kappa shape index (κ3) is 5.10. The minimum Gasteiger partial charge on any atom is -0.367 e. The predicted molar refractivity (Wildman–Crippen MR) is 139 cm³/mol. The quantitative estimate of drug-likeness (QED) is 0.509. The topological polar surface area (TPSA) is 68.4 Å². The number of hydrogen-bond donors (Lipinski definition) is 2. The summed E-state index contributed by atoms with van der Waals surface area (Å²) in [5.41, 5.74) is -1.08. The van der Waals surface area contributed by atoms with Gasteiger partial charge >= 0.3 is 6.18 Å². The monoisotopic (exact) mass is 532 g/mol. The lowest BCUT2D eigenvalue weighted by Gasteiger charge is -2.44. The number of pyridine rings is 1. The van der Waals surface area contributed by atoms with Crippen LogP contribution in [0.5, 0.6) is 0 Å². The van der Waals surface area contributed by atoms with Crippen LogP contribution in [0.3, 0.4) is 0 Å². The smallest absolute Gasteiger partial charge is 0.367 e. The minimum absolute atomic E-state index is 0.137. The van der Waals surface area contributed by atoms with Crippen LogP contribution in [0.4, 0.5) is 28.9 Å². The summed E-state index contributed by atoms with van der Waals surface area (Å²) < 4.78 is 56.6. The number of amides is 1. The molecule has 1 aliphatic heterocycles. The lowest BCUT2D eigenvalue weighted by molar-refractivity contribution is -0.138. The molecule has 2 fully saturated rings. The Kier molecular flexibility index (Phi) is 6.87. The van der Waals surface area contributed by atoms with Crippen LogP contribution in [0.2, 0.25) is 0 Å². The maximum atomic E-state index is 15.7. The molecule has 4 atom stereocenters. The van der Waals surface area contributed by atoms with Crippen LogP contribution in [-0.2, 0) is 6.18 Å². The van der Waals surface area contributed by atoms with E-state index in [1.165, 1.54) is 6.07 Å². The highest BCUT2D eigenvalue weighted by molar-refractivity contribution is 6.07. The molecule has 2 aliphatic carbocycles. The van der Waals surface area contributed by atoms with Gasteiger partial charge in [-0.05, 0) is 76.1 Å². The first-order chi connectivity index (χ1) is 17.9. The number of fused-ring (bicyclic) bond motifs is 2. The van der Waals surface area contributed by atoms with E-state index in [9.17, 15) is 22.8 Å². The van der Waals surface area contributed by atoms with Crippen molar-refractivity contribution in [1.82, 2.24) is 9.88 Å². The fraction of sp³-hybridized carbons (Fsp3) is 0.500. The summed E-state index contributed by atoms with van der Waals surface area (Å²) in [6.45, 7) is 5.21. The fourth-order valence-electron chi connectivity index (χ4n) is 6.17. The largest absolute Gasteiger partial charge is 0.417 e. The summed E-state index contributed by atoms with van der Waals surface area (Å²) in [6.07, 6.45) is 1.98. The van der Waals surface area contributed by atoms with Crippen molar-refractivity contribution in [1.29, 1.82) is 0 Å². The van der Waals surface area contributed by atoms with Crippen LogP contribution in [0, 0.1) is 17.7 Å². The zero-order chi connectivity index (χ0) is 27.4. The maximum Gasteiger partial charge on any atom is 0.417 e. The standard InChI is InChI=1S/C28H32F4N4O2/c1-15-13-36(14-16(2)35(15)3)25-11-23(29)20(19-7-17-4-5-18(6-17)8-19)9-24(25)34-27(38)21-12-33-26(37)10-22(21)28(30,31)32/h7,9-12,15-18H,4-6,8,13-14H2,1-3H3,(H,33,37)(H,34,38)/t15-,16+,17?,18?. The van der Waals surface area contributed by atoms with Gasteiger partial charge in [0, 0.05) is 43.0 Å². The number of allylic oxidation sites excluding steroid dienone is 2. The lowest BCUT2D eigenvalue weighted by atomic mass is 9.85. The number of rotatable bonds is 4. The molecule has 2 unspecified atom stereocenters. The molecule has 0 spiro atoms. The molecule has 2 aromatic rings. The Morgan fingerprint density at radius 2 is 1.82 bits per heavy atom. The number of alkyl halides is 3. The Morgan fingerprint density at radius 3 is 2.47 bits per heavy atom. The van der Waals surface area contributed by atoms with Gasteiger partial charge in [0.15, 0.2) is 0 Å². The number of aromatic nitrogens is 1. The van der Waals surface area contributed by atoms with E-state index in [2.05, 4.69) is 21.3 Å². The first-order valence-electron chi connectivity index (χ1n) is 13.0. The Labute approximate surface area is 218 Å². The number of halogens is 4. The van der Waals surface area contributed by atoms with E-state index < -0.39 is 34.6 Å². The average Bonchev–Trinajstić information content (AvgIpc) is 3.19. The number of carbonyl (C=O) groups excluding carboxylic acids is 1. The summed E-state index contributed by atoms with van der Waals surface area (Å²) in [7, 11) is 2.01. The fourth-order valence-corrected chi connectivity index (χ4v) is 6.17. The van der Waals surface area contributed by atoms with E-state index in [4.69, 9.17) is 0 Å². The van der Waals surface area contributed by atoms with Crippen LogP contribution in [0.25, 0.3) is 5.57 Å². The van der Waals surface area contributed by atoms with Gasteiger partial charge in [-0.2, -0.15) is 13.2 Å². The van der Waals surface area contributed by atoms with Gasteiger partial charge in [0.05, 0.1) is 22.5 Å². The van der Waals surface area contributed by atoms with Crippen molar-refractivity contribution >= 4 is 22.9 Å². The molecule has 3 aliphatic rings. The number of nitrogens with one attached hydrogen (secondary N) is 2. The molecule has 5 rings (SSSR count). The Balaban J connectivity index is 1.57. The Morgan fingerprint density at radius 1 is 1.11 bits per heavy atom. The van der Waals surface area contributed by atoms with Crippen molar-refractivity contribution in [2.24, 2.45) is 11.8 Å². The van der Waals surface area contributed by atoms with Gasteiger partial charge in [-0.25, -0.2) is 4.39 Å². The van der Waals surface area contributed by atoms with Gasteiger partial charge in [-0.3, -0.25) is 14.5 Å². The van der Waals surface area contributed by atoms with Crippen molar-refractivity contribution in [3.63, 3.8) is 0 Å². The molecule has 1 aromatic heterocycles. The zero-order valence-corrected chi connectivity index (χ0v) is 21.7. The van der Waals surface area contributed by atoms with Gasteiger partial charge < -0.3 is 15.2 Å². The third-order valence-electron chi connectivity index (χ3n) is 8.38. The van der Waals surface area contributed by atoms with E-state index in [0.717, 1.165) is 37.5 Å². The number of aromatic amines is 1. The van der Waals surface area contributed by atoms with Gasteiger partial charge in [-0.15, -0.1) is 0 Å². The number of nitrogens with zero attached hydrogens (tertiary/aromatic N) is 2. The second kappa shape index (κ2) is 9.87. The van der Waals surface area contributed by atoms with E-state index >= 15 is 4.39 Å². The molecule has 204 valence electrons. The van der Waals surface area contributed by atoms with E-state index in [0.29, 0.717) is 42.2 Å². The summed E-state index contributed by atoms with van der Waals surface area (Å²) in [6, 6.07) is 3.60. The maximum absolute atomic E-state index is 15.7. The summed E-state index contributed by atoms with van der Waals surface area (Å²) in [5.74, 6) is -0.548. The van der Waals surface area contributed by atoms with Crippen LogP contribution >= 0.6 is 0 Å². The molecule has 1 amide bonds. The Hall–Kier alpha value is -3.14. The predicted octanol–water partition coefficient (Wildman–Crippen LogP) is 5.52. The number of anilines is 2. The van der Waals surface area contributed by atoms with Crippen molar-refractivity contribution < 1.29 is 22.4 Å². The number of H-pyrrole nitrogens is 1. The Bertz CT molecular complexity index is 1320. The lowest BCUT2D eigenvalue weighted by Crippen LogP contribution is -2.55. The molecule has 0 radical (unpaired) electrons. The number of likely N-dealkylation sites (N-methyl/N-ethyl adjacent to an activating group) is 1. The zero-order valence-electron chi connectivity index (χ0n) is 21.7. The van der Waals surface area contributed by atoms with Crippen LogP contribution < -0.4 is 15.8 Å². The number of carbonyl (C=O) groups is 1. The second-order valence-electron chi connectivity index (χ2n) is 11.0. The summed E-state index contributed by atoms with van der Waals surface area (Å²) in [5, 5.41) is 2.63. The number of hydrogen-bond acceptors (Lipinski definition) is 4. The van der Waals surface area contributed by atoms with E-state index in [-0.39, 0.29) is 17.8 Å². The molecule has 2 heterocycles. The number of piperazine rings is 1. The first-order valence-corrected chi connectivity index (χ1v) is 13.0. The van der Waals surface area contributed by atoms with Gasteiger partial charge in [0.1, 0.15) is 5.82 Å². The minimum atomic E-state index is -4.90. The molecular formula is C28H32F4N4O2. The second-order valence-corrected chi connectivity index (χ2v) is 11.0. The van der Waals surface area contributed by atoms with E-state index in [1.807, 2.05) is 25.8 Å². The van der Waals surface area contributed by atoms with Crippen molar-refractivity contribution in [3.05, 3.63) is 63.3 Å². The highest BCUT2D eigenvalue weighted by Crippen LogP contribution is 2.45. The molecule has 2 N–H and O–H groups in total. The van der Waals surface area contributed by atoms with Crippen LogP contribution in [-0.4, -0.2) is 48.0 Å². The molecule has 38 heavy (non-hydrogen) atoms. The first kappa shape index (κ1) is 26.5. The molecule has 1 saturated carbocycles. The van der Waals surface area contributed by atoms with Crippen LogP contribution in [0.1, 0.15) is 61.0 Å². The normalized spacial score (nSPS) is 25.9.